The van der Waals surface area contributed by atoms with Gasteiger partial charge in [-0.05, 0) is 43.9 Å². The maximum absolute atomic E-state index is 11.9. The number of amides is 1. The van der Waals surface area contributed by atoms with Gasteiger partial charge in [0.15, 0.2) is 0 Å². The highest BCUT2D eigenvalue weighted by Gasteiger charge is 2.42. The lowest BCUT2D eigenvalue weighted by atomic mass is 10.0. The first-order valence-electron chi connectivity index (χ1n) is 6.68. The van der Waals surface area contributed by atoms with Gasteiger partial charge in [0.25, 0.3) is 0 Å². The van der Waals surface area contributed by atoms with E-state index >= 15 is 0 Å². The zero-order chi connectivity index (χ0) is 13.2. The van der Waals surface area contributed by atoms with Crippen molar-refractivity contribution in [2.24, 2.45) is 17.3 Å². The molecule has 0 aromatic carbocycles. The van der Waals surface area contributed by atoms with Crippen LogP contribution in [0.25, 0.3) is 0 Å². The molecule has 18 heavy (non-hydrogen) atoms. The molecular formula is C13H21NO4. The topological polar surface area (TPSA) is 86.6 Å². The van der Waals surface area contributed by atoms with Crippen molar-refractivity contribution in [3.05, 3.63) is 0 Å². The SMILES string of the molecule is O=C(O)[C@H]1CC[C@@H](C(=O)NCC2(CCO)CC2)C1. The number of nitrogens with one attached hydrogen (secondary N) is 1. The van der Waals surface area contributed by atoms with Crippen LogP contribution in [0.15, 0.2) is 0 Å². The van der Waals surface area contributed by atoms with E-state index in [1.54, 1.807) is 0 Å². The Balaban J connectivity index is 1.74. The molecule has 0 bridgehead atoms. The third-order valence-corrected chi connectivity index (χ3v) is 4.39. The van der Waals surface area contributed by atoms with Crippen LogP contribution in [0.2, 0.25) is 0 Å². The monoisotopic (exact) mass is 255 g/mol. The van der Waals surface area contributed by atoms with Gasteiger partial charge in [0.1, 0.15) is 0 Å². The Hall–Kier alpha value is -1.10. The molecule has 2 aliphatic carbocycles. The average Bonchev–Trinajstić information content (AvgIpc) is 2.92. The molecule has 0 aromatic heterocycles. The summed E-state index contributed by atoms with van der Waals surface area (Å²) in [4.78, 5) is 22.7. The maximum atomic E-state index is 11.9. The highest BCUT2D eigenvalue weighted by atomic mass is 16.4. The number of hydrogen-bond donors (Lipinski definition) is 3. The number of aliphatic hydroxyl groups excluding tert-OH is 1. The molecule has 0 spiro atoms. The smallest absolute Gasteiger partial charge is 0.306 e. The van der Waals surface area contributed by atoms with Crippen LogP contribution in [0.5, 0.6) is 0 Å². The predicted molar refractivity (Wildman–Crippen MR) is 64.8 cm³/mol. The highest BCUT2D eigenvalue weighted by molar-refractivity contribution is 5.80. The molecule has 3 N–H and O–H groups in total. The summed E-state index contributed by atoms with van der Waals surface area (Å²) in [5.41, 5.74) is 0.120. The van der Waals surface area contributed by atoms with Crippen molar-refractivity contribution in [2.45, 2.75) is 38.5 Å². The molecule has 2 aliphatic rings. The van der Waals surface area contributed by atoms with E-state index in [9.17, 15) is 9.59 Å². The number of carbonyl (C=O) groups is 2. The largest absolute Gasteiger partial charge is 0.481 e. The Morgan fingerprint density at radius 3 is 2.39 bits per heavy atom. The summed E-state index contributed by atoms with van der Waals surface area (Å²) in [6.07, 6.45) is 4.63. The Morgan fingerprint density at radius 1 is 1.22 bits per heavy atom. The van der Waals surface area contributed by atoms with E-state index < -0.39 is 5.97 Å². The molecule has 5 nitrogen and oxygen atoms in total. The molecule has 102 valence electrons. The Bertz CT molecular complexity index is 338. The Labute approximate surface area is 107 Å². The summed E-state index contributed by atoms with van der Waals surface area (Å²) >= 11 is 0. The van der Waals surface area contributed by atoms with Gasteiger partial charge in [-0.3, -0.25) is 9.59 Å². The zero-order valence-electron chi connectivity index (χ0n) is 10.5. The van der Waals surface area contributed by atoms with Crippen LogP contribution >= 0.6 is 0 Å². The quantitative estimate of drug-likeness (QED) is 0.654. The van der Waals surface area contributed by atoms with E-state index in [4.69, 9.17) is 10.2 Å². The van der Waals surface area contributed by atoms with Crippen molar-refractivity contribution < 1.29 is 19.8 Å². The predicted octanol–water partition coefficient (Wildman–Crippen LogP) is 0.766. The van der Waals surface area contributed by atoms with E-state index in [2.05, 4.69) is 5.32 Å². The molecule has 2 rings (SSSR count). The summed E-state index contributed by atoms with van der Waals surface area (Å²) in [5, 5.41) is 20.8. The summed E-state index contributed by atoms with van der Waals surface area (Å²) < 4.78 is 0. The normalized spacial score (nSPS) is 28.9. The Morgan fingerprint density at radius 2 is 1.89 bits per heavy atom. The van der Waals surface area contributed by atoms with Crippen LogP contribution in [0.1, 0.15) is 38.5 Å². The third kappa shape index (κ3) is 3.02. The number of carboxylic acids is 1. The van der Waals surface area contributed by atoms with Crippen LogP contribution in [-0.4, -0.2) is 35.2 Å². The molecule has 2 fully saturated rings. The van der Waals surface area contributed by atoms with E-state index in [1.807, 2.05) is 0 Å². The van der Waals surface area contributed by atoms with E-state index in [0.29, 0.717) is 25.8 Å². The summed E-state index contributed by atoms with van der Waals surface area (Å²) in [6, 6.07) is 0. The van der Waals surface area contributed by atoms with Crippen LogP contribution in [-0.2, 0) is 9.59 Å². The standard InChI is InChI=1S/C13H21NO4/c15-6-5-13(3-4-13)8-14-11(16)9-1-2-10(7-9)12(17)18/h9-10,15H,1-8H2,(H,14,16)(H,17,18)/t9-,10+/m1/s1. The average molecular weight is 255 g/mol. The molecule has 0 aromatic rings. The van der Waals surface area contributed by atoms with E-state index in [0.717, 1.165) is 19.3 Å². The second kappa shape index (κ2) is 5.26. The number of carbonyl (C=O) groups excluding carboxylic acids is 1. The fourth-order valence-corrected chi connectivity index (χ4v) is 2.79. The van der Waals surface area contributed by atoms with Gasteiger partial charge in [-0.15, -0.1) is 0 Å². The molecule has 0 unspecified atom stereocenters. The van der Waals surface area contributed by atoms with Gasteiger partial charge in [0.2, 0.25) is 5.91 Å². The number of carboxylic acid groups (broad SMARTS) is 1. The van der Waals surface area contributed by atoms with Crippen molar-refractivity contribution in [3.8, 4) is 0 Å². The first-order chi connectivity index (χ1) is 8.56. The fraction of sp³-hybridized carbons (Fsp3) is 0.846. The lowest BCUT2D eigenvalue weighted by Gasteiger charge is -2.16. The number of aliphatic hydroxyl groups is 1. The van der Waals surface area contributed by atoms with Crippen LogP contribution in [0.4, 0.5) is 0 Å². The van der Waals surface area contributed by atoms with Crippen molar-refractivity contribution in [2.75, 3.05) is 13.2 Å². The first-order valence-corrected chi connectivity index (χ1v) is 6.68. The molecule has 0 saturated heterocycles. The van der Waals surface area contributed by atoms with Crippen molar-refractivity contribution in [3.63, 3.8) is 0 Å². The van der Waals surface area contributed by atoms with E-state index in [-0.39, 0.29) is 29.8 Å². The minimum atomic E-state index is -0.788. The molecule has 1 amide bonds. The molecule has 0 heterocycles. The highest BCUT2D eigenvalue weighted by Crippen LogP contribution is 2.48. The summed E-state index contributed by atoms with van der Waals surface area (Å²) in [5.74, 6) is -1.30. The number of hydrogen-bond acceptors (Lipinski definition) is 3. The molecule has 2 atom stereocenters. The Kier molecular flexibility index (Phi) is 3.90. The molecule has 5 heteroatoms. The van der Waals surface area contributed by atoms with Gasteiger partial charge in [0.05, 0.1) is 5.92 Å². The van der Waals surface area contributed by atoms with Crippen LogP contribution in [0.3, 0.4) is 0 Å². The second-order valence-electron chi connectivity index (χ2n) is 5.74. The van der Waals surface area contributed by atoms with Crippen LogP contribution in [0, 0.1) is 17.3 Å². The zero-order valence-corrected chi connectivity index (χ0v) is 10.5. The van der Waals surface area contributed by atoms with Gasteiger partial charge in [0, 0.05) is 19.1 Å². The fourth-order valence-electron chi connectivity index (χ4n) is 2.79. The van der Waals surface area contributed by atoms with Gasteiger partial charge in [-0.2, -0.15) is 0 Å². The molecular weight excluding hydrogens is 234 g/mol. The van der Waals surface area contributed by atoms with Crippen molar-refractivity contribution >= 4 is 11.9 Å². The maximum Gasteiger partial charge on any atom is 0.306 e. The van der Waals surface area contributed by atoms with Gasteiger partial charge in [-0.1, -0.05) is 0 Å². The number of aliphatic carboxylic acids is 1. The van der Waals surface area contributed by atoms with Gasteiger partial charge < -0.3 is 15.5 Å². The van der Waals surface area contributed by atoms with Gasteiger partial charge in [-0.25, -0.2) is 0 Å². The van der Waals surface area contributed by atoms with Crippen molar-refractivity contribution in [1.29, 1.82) is 0 Å². The molecule has 0 aliphatic heterocycles. The minimum Gasteiger partial charge on any atom is -0.481 e. The second-order valence-corrected chi connectivity index (χ2v) is 5.74. The van der Waals surface area contributed by atoms with E-state index in [1.165, 1.54) is 0 Å². The summed E-state index contributed by atoms with van der Waals surface area (Å²) in [6.45, 7) is 0.793. The minimum absolute atomic E-state index is 0.0111. The number of rotatable bonds is 6. The van der Waals surface area contributed by atoms with Crippen LogP contribution < -0.4 is 5.32 Å². The van der Waals surface area contributed by atoms with Crippen molar-refractivity contribution in [1.82, 2.24) is 5.32 Å². The summed E-state index contributed by atoms with van der Waals surface area (Å²) in [7, 11) is 0. The third-order valence-electron chi connectivity index (χ3n) is 4.39. The lowest BCUT2D eigenvalue weighted by molar-refractivity contribution is -0.141. The molecule has 2 saturated carbocycles. The first kappa shape index (κ1) is 13.3. The lowest BCUT2D eigenvalue weighted by Crippen LogP contribution is -2.34. The van der Waals surface area contributed by atoms with Gasteiger partial charge >= 0.3 is 5.97 Å². The molecule has 0 radical (unpaired) electrons.